The van der Waals surface area contributed by atoms with E-state index in [0.717, 1.165) is 33.8 Å². The third-order valence-corrected chi connectivity index (χ3v) is 3.37. The molecule has 3 nitrogen and oxygen atoms in total. The van der Waals surface area contributed by atoms with Crippen LogP contribution in [0.15, 0.2) is 35.4 Å². The Hall–Kier alpha value is -1.26. The van der Waals surface area contributed by atoms with Crippen LogP contribution in [0.3, 0.4) is 0 Å². The molecule has 0 bridgehead atoms. The average Bonchev–Trinajstić information content (AvgIpc) is 2.33. The van der Waals surface area contributed by atoms with E-state index in [-0.39, 0.29) is 0 Å². The lowest BCUT2D eigenvalue weighted by Gasteiger charge is -2.07. The number of ether oxygens (including phenoxy) is 1. The minimum atomic E-state index is 0.731. The topological polar surface area (TPSA) is 48.1 Å². The molecule has 16 heavy (non-hydrogen) atoms. The molecule has 0 radical (unpaired) electrons. The van der Waals surface area contributed by atoms with Crippen molar-refractivity contribution in [2.45, 2.75) is 4.90 Å². The van der Waals surface area contributed by atoms with Gasteiger partial charge in [-0.2, -0.15) is 0 Å². The highest BCUT2D eigenvalue weighted by Crippen LogP contribution is 2.30. The SMILES string of the molecule is COCCSc1ccc2ncccc2c1N. The van der Waals surface area contributed by atoms with Gasteiger partial charge in [-0.15, -0.1) is 11.8 Å². The zero-order chi connectivity index (χ0) is 11.4. The maximum Gasteiger partial charge on any atom is 0.0723 e. The minimum absolute atomic E-state index is 0.731. The lowest BCUT2D eigenvalue weighted by molar-refractivity contribution is 0.218. The Labute approximate surface area is 99.0 Å². The van der Waals surface area contributed by atoms with Crippen molar-refractivity contribution in [3.05, 3.63) is 30.5 Å². The number of methoxy groups -OCH3 is 1. The van der Waals surface area contributed by atoms with Gasteiger partial charge in [0.05, 0.1) is 17.8 Å². The lowest BCUT2D eigenvalue weighted by Crippen LogP contribution is -1.95. The van der Waals surface area contributed by atoms with Gasteiger partial charge in [0.2, 0.25) is 0 Å². The van der Waals surface area contributed by atoms with Crippen molar-refractivity contribution in [1.82, 2.24) is 4.98 Å². The predicted octanol–water partition coefficient (Wildman–Crippen LogP) is 2.56. The second-order valence-corrected chi connectivity index (χ2v) is 4.53. The van der Waals surface area contributed by atoms with Crippen LogP contribution in [0.2, 0.25) is 0 Å². The summed E-state index contributed by atoms with van der Waals surface area (Å²) in [5.41, 5.74) is 7.85. The highest BCUT2D eigenvalue weighted by molar-refractivity contribution is 7.99. The molecule has 1 heterocycles. The van der Waals surface area contributed by atoms with E-state index in [1.165, 1.54) is 0 Å². The largest absolute Gasteiger partial charge is 0.397 e. The number of hydrogen-bond acceptors (Lipinski definition) is 4. The molecule has 0 spiro atoms. The van der Waals surface area contributed by atoms with Crippen molar-refractivity contribution in [3.8, 4) is 0 Å². The van der Waals surface area contributed by atoms with Crippen molar-refractivity contribution in [3.63, 3.8) is 0 Å². The molecule has 1 aromatic heterocycles. The molecule has 0 aliphatic rings. The number of anilines is 1. The summed E-state index contributed by atoms with van der Waals surface area (Å²) in [6.45, 7) is 0.731. The molecule has 0 aliphatic heterocycles. The lowest BCUT2D eigenvalue weighted by atomic mass is 10.2. The summed E-state index contributed by atoms with van der Waals surface area (Å²) in [7, 11) is 1.70. The number of nitrogens with two attached hydrogens (primary N) is 1. The first kappa shape index (κ1) is 11.2. The standard InChI is InChI=1S/C12H14N2OS/c1-15-7-8-16-11-5-4-10-9(12(11)13)3-2-6-14-10/h2-6H,7-8,13H2,1H3. The van der Waals surface area contributed by atoms with Gasteiger partial charge in [-0.3, -0.25) is 4.98 Å². The highest BCUT2D eigenvalue weighted by atomic mass is 32.2. The predicted molar refractivity (Wildman–Crippen MR) is 68.8 cm³/mol. The van der Waals surface area contributed by atoms with E-state index in [4.69, 9.17) is 10.5 Å². The molecule has 0 saturated heterocycles. The van der Waals surface area contributed by atoms with Gasteiger partial charge >= 0.3 is 0 Å². The first-order valence-corrected chi connectivity index (χ1v) is 6.06. The van der Waals surface area contributed by atoms with E-state index < -0.39 is 0 Å². The van der Waals surface area contributed by atoms with Gasteiger partial charge in [-0.1, -0.05) is 0 Å². The Morgan fingerprint density at radius 2 is 2.25 bits per heavy atom. The van der Waals surface area contributed by atoms with Crippen LogP contribution in [0.4, 0.5) is 5.69 Å². The second kappa shape index (κ2) is 5.18. The molecule has 0 amide bonds. The van der Waals surface area contributed by atoms with Crippen molar-refractivity contribution in [2.24, 2.45) is 0 Å². The van der Waals surface area contributed by atoms with E-state index in [2.05, 4.69) is 4.98 Å². The van der Waals surface area contributed by atoms with Gasteiger partial charge in [0.1, 0.15) is 0 Å². The number of pyridine rings is 1. The summed E-state index contributed by atoms with van der Waals surface area (Å²) in [5, 5.41) is 1.02. The Kier molecular flexibility index (Phi) is 3.64. The molecule has 84 valence electrons. The van der Waals surface area contributed by atoms with Gasteiger partial charge in [0.25, 0.3) is 0 Å². The molecule has 0 fully saturated rings. The third kappa shape index (κ3) is 2.28. The molecule has 4 heteroatoms. The van der Waals surface area contributed by atoms with Gasteiger partial charge in [-0.05, 0) is 24.3 Å². The van der Waals surface area contributed by atoms with Crippen LogP contribution in [0, 0.1) is 0 Å². The Balaban J connectivity index is 2.29. The van der Waals surface area contributed by atoms with Crippen LogP contribution in [0.5, 0.6) is 0 Å². The van der Waals surface area contributed by atoms with E-state index in [1.807, 2.05) is 24.3 Å². The summed E-state index contributed by atoms with van der Waals surface area (Å²) in [5.74, 6) is 0.909. The monoisotopic (exact) mass is 234 g/mol. The van der Waals surface area contributed by atoms with E-state index >= 15 is 0 Å². The molecule has 1 aromatic carbocycles. The van der Waals surface area contributed by atoms with Gasteiger partial charge in [0, 0.05) is 29.3 Å². The minimum Gasteiger partial charge on any atom is -0.397 e. The van der Waals surface area contributed by atoms with Crippen molar-refractivity contribution < 1.29 is 4.74 Å². The fraction of sp³-hybridized carbons (Fsp3) is 0.250. The molecule has 0 unspecified atom stereocenters. The Morgan fingerprint density at radius 1 is 1.38 bits per heavy atom. The normalized spacial score (nSPS) is 10.8. The van der Waals surface area contributed by atoms with Crippen molar-refractivity contribution in [1.29, 1.82) is 0 Å². The van der Waals surface area contributed by atoms with Gasteiger partial charge in [0.15, 0.2) is 0 Å². The first-order valence-electron chi connectivity index (χ1n) is 5.08. The van der Waals surface area contributed by atoms with Crippen LogP contribution < -0.4 is 5.73 Å². The third-order valence-electron chi connectivity index (χ3n) is 2.33. The number of nitrogen functional groups attached to an aromatic ring is 1. The van der Waals surface area contributed by atoms with E-state index in [9.17, 15) is 0 Å². The summed E-state index contributed by atoms with van der Waals surface area (Å²) >= 11 is 1.71. The molecule has 2 aromatic rings. The van der Waals surface area contributed by atoms with Crippen LogP contribution >= 0.6 is 11.8 Å². The Morgan fingerprint density at radius 3 is 3.06 bits per heavy atom. The summed E-state index contributed by atoms with van der Waals surface area (Å²) in [4.78, 5) is 5.36. The number of rotatable bonds is 4. The quantitative estimate of drug-likeness (QED) is 0.502. The molecule has 0 saturated carbocycles. The van der Waals surface area contributed by atoms with E-state index in [0.29, 0.717) is 0 Å². The zero-order valence-corrected chi connectivity index (χ0v) is 9.96. The number of benzene rings is 1. The van der Waals surface area contributed by atoms with Crippen LogP contribution in [-0.2, 0) is 4.74 Å². The Bertz CT molecular complexity index is 487. The highest BCUT2D eigenvalue weighted by Gasteiger charge is 2.04. The van der Waals surface area contributed by atoms with Crippen molar-refractivity contribution >= 4 is 28.4 Å². The average molecular weight is 234 g/mol. The molecule has 0 atom stereocenters. The molecular weight excluding hydrogens is 220 g/mol. The molecule has 2 N–H and O–H groups in total. The van der Waals surface area contributed by atoms with Crippen LogP contribution in [0.1, 0.15) is 0 Å². The molecular formula is C12H14N2OS. The van der Waals surface area contributed by atoms with E-state index in [1.54, 1.807) is 25.1 Å². The fourth-order valence-electron chi connectivity index (χ4n) is 1.52. The molecule has 2 rings (SSSR count). The van der Waals surface area contributed by atoms with Crippen LogP contribution in [0.25, 0.3) is 10.9 Å². The fourth-order valence-corrected chi connectivity index (χ4v) is 2.42. The van der Waals surface area contributed by atoms with Crippen molar-refractivity contribution in [2.75, 3.05) is 25.2 Å². The molecule has 0 aliphatic carbocycles. The zero-order valence-electron chi connectivity index (χ0n) is 9.14. The number of fused-ring (bicyclic) bond motifs is 1. The second-order valence-electron chi connectivity index (χ2n) is 3.39. The first-order chi connectivity index (χ1) is 7.83. The maximum absolute atomic E-state index is 6.10. The number of thioether (sulfide) groups is 1. The summed E-state index contributed by atoms with van der Waals surface area (Å²) in [6.07, 6.45) is 1.78. The summed E-state index contributed by atoms with van der Waals surface area (Å²) in [6, 6.07) is 7.92. The summed E-state index contributed by atoms with van der Waals surface area (Å²) < 4.78 is 5.02. The smallest absolute Gasteiger partial charge is 0.0723 e. The van der Waals surface area contributed by atoms with Gasteiger partial charge < -0.3 is 10.5 Å². The maximum atomic E-state index is 6.10. The number of hydrogen-bond donors (Lipinski definition) is 1. The van der Waals surface area contributed by atoms with Crippen LogP contribution in [-0.4, -0.2) is 24.5 Å². The number of nitrogens with zero attached hydrogens (tertiary/aromatic N) is 1. The number of aromatic nitrogens is 1. The van der Waals surface area contributed by atoms with Gasteiger partial charge in [-0.25, -0.2) is 0 Å².